The molecule has 2 heterocycles. The molecule has 1 N–H and O–H groups in total. The average Bonchev–Trinajstić information content (AvgIpc) is 2.81. The lowest BCUT2D eigenvalue weighted by Crippen LogP contribution is -2.56. The number of hydrogen-bond donors (Lipinski definition) is 1. The third-order valence-electron chi connectivity index (χ3n) is 4.64. The van der Waals surface area contributed by atoms with Crippen LogP contribution in [-0.2, 0) is 4.74 Å². The Labute approximate surface area is 112 Å². The molecule has 2 saturated heterocycles. The summed E-state index contributed by atoms with van der Waals surface area (Å²) >= 11 is 0. The maximum Gasteiger partial charge on any atom is 0.0613 e. The van der Waals surface area contributed by atoms with Crippen LogP contribution in [0.2, 0.25) is 0 Å². The summed E-state index contributed by atoms with van der Waals surface area (Å²) in [6, 6.07) is 1.38. The van der Waals surface area contributed by atoms with Crippen molar-refractivity contribution in [3.63, 3.8) is 0 Å². The van der Waals surface area contributed by atoms with Gasteiger partial charge in [0.05, 0.1) is 6.10 Å². The molecular formula is C15H30N2O. The zero-order valence-corrected chi connectivity index (χ0v) is 12.3. The van der Waals surface area contributed by atoms with Gasteiger partial charge in [-0.3, -0.25) is 4.90 Å². The number of rotatable bonds is 5. The van der Waals surface area contributed by atoms with Crippen LogP contribution in [0.25, 0.3) is 0 Å². The highest BCUT2D eigenvalue weighted by Crippen LogP contribution is 2.25. The fourth-order valence-electron chi connectivity index (χ4n) is 3.44. The van der Waals surface area contributed by atoms with Crippen molar-refractivity contribution in [1.29, 1.82) is 0 Å². The van der Waals surface area contributed by atoms with E-state index in [2.05, 4.69) is 31.0 Å². The topological polar surface area (TPSA) is 24.5 Å². The molecule has 0 aliphatic carbocycles. The molecule has 2 rings (SSSR count). The second-order valence-electron chi connectivity index (χ2n) is 6.06. The molecule has 0 saturated carbocycles. The van der Waals surface area contributed by atoms with Gasteiger partial charge in [-0.15, -0.1) is 0 Å². The van der Waals surface area contributed by atoms with Gasteiger partial charge in [0.2, 0.25) is 0 Å². The largest absolute Gasteiger partial charge is 0.378 e. The first-order valence-corrected chi connectivity index (χ1v) is 7.83. The van der Waals surface area contributed by atoms with Gasteiger partial charge >= 0.3 is 0 Å². The Kier molecular flexibility index (Phi) is 5.46. The summed E-state index contributed by atoms with van der Waals surface area (Å²) in [6.45, 7) is 11.5. The summed E-state index contributed by atoms with van der Waals surface area (Å²) in [7, 11) is 0. The van der Waals surface area contributed by atoms with Crippen LogP contribution in [0.4, 0.5) is 0 Å². The molecule has 2 aliphatic heterocycles. The molecule has 0 radical (unpaired) electrons. The van der Waals surface area contributed by atoms with Gasteiger partial charge in [-0.1, -0.05) is 20.3 Å². The van der Waals surface area contributed by atoms with Crippen LogP contribution >= 0.6 is 0 Å². The third kappa shape index (κ3) is 3.46. The fourth-order valence-corrected chi connectivity index (χ4v) is 3.44. The van der Waals surface area contributed by atoms with E-state index in [1.165, 1.54) is 38.8 Å². The van der Waals surface area contributed by atoms with Gasteiger partial charge in [0.1, 0.15) is 0 Å². The van der Waals surface area contributed by atoms with Gasteiger partial charge in [-0.2, -0.15) is 0 Å². The lowest BCUT2D eigenvalue weighted by Gasteiger charge is -2.40. The van der Waals surface area contributed by atoms with E-state index in [0.717, 1.165) is 19.1 Å². The molecule has 4 unspecified atom stereocenters. The summed E-state index contributed by atoms with van der Waals surface area (Å²) in [6.07, 6.45) is 5.53. The monoisotopic (exact) mass is 254 g/mol. The minimum Gasteiger partial charge on any atom is -0.378 e. The van der Waals surface area contributed by atoms with Gasteiger partial charge in [0.25, 0.3) is 0 Å². The predicted octanol–water partition coefficient (Wildman–Crippen LogP) is 2.26. The summed E-state index contributed by atoms with van der Waals surface area (Å²) in [5.74, 6) is 0.762. The highest BCUT2D eigenvalue weighted by molar-refractivity contribution is 4.87. The lowest BCUT2D eigenvalue weighted by molar-refractivity contribution is 0.0582. The molecular weight excluding hydrogens is 224 g/mol. The molecule has 2 fully saturated rings. The molecule has 3 nitrogen and oxygen atoms in total. The highest BCUT2D eigenvalue weighted by Gasteiger charge is 2.32. The third-order valence-corrected chi connectivity index (χ3v) is 4.64. The smallest absolute Gasteiger partial charge is 0.0613 e. The molecule has 0 bridgehead atoms. The van der Waals surface area contributed by atoms with Crippen molar-refractivity contribution in [2.24, 2.45) is 5.92 Å². The molecule has 0 aromatic rings. The Balaban J connectivity index is 1.86. The van der Waals surface area contributed by atoms with Crippen molar-refractivity contribution in [2.45, 2.75) is 64.6 Å². The normalized spacial score (nSPS) is 38.2. The van der Waals surface area contributed by atoms with Crippen LogP contribution in [-0.4, -0.2) is 49.3 Å². The fraction of sp³-hybridized carbons (Fsp3) is 1.00. The number of nitrogens with one attached hydrogen (secondary N) is 1. The van der Waals surface area contributed by atoms with Crippen LogP contribution in [0.3, 0.4) is 0 Å². The van der Waals surface area contributed by atoms with Crippen molar-refractivity contribution in [3.8, 4) is 0 Å². The van der Waals surface area contributed by atoms with Crippen molar-refractivity contribution in [3.05, 3.63) is 0 Å². The van der Waals surface area contributed by atoms with Gasteiger partial charge in [-0.05, 0) is 32.1 Å². The summed E-state index contributed by atoms with van der Waals surface area (Å²) < 4.78 is 5.82. The van der Waals surface area contributed by atoms with E-state index in [0.29, 0.717) is 18.2 Å². The molecule has 2 aliphatic rings. The second-order valence-corrected chi connectivity index (χ2v) is 6.06. The summed E-state index contributed by atoms with van der Waals surface area (Å²) in [5.41, 5.74) is 0. The lowest BCUT2D eigenvalue weighted by atomic mass is 9.96. The minimum absolute atomic E-state index is 0.511. The Hall–Kier alpha value is -0.120. The van der Waals surface area contributed by atoms with E-state index in [-0.39, 0.29) is 0 Å². The molecule has 3 heteroatoms. The molecule has 0 aromatic carbocycles. The molecule has 106 valence electrons. The zero-order chi connectivity index (χ0) is 13.0. The van der Waals surface area contributed by atoms with Crippen molar-refractivity contribution < 1.29 is 4.74 Å². The Morgan fingerprint density at radius 1 is 1.33 bits per heavy atom. The maximum absolute atomic E-state index is 5.82. The Morgan fingerprint density at radius 2 is 2.17 bits per heavy atom. The van der Waals surface area contributed by atoms with E-state index in [1.807, 2.05) is 0 Å². The molecule has 0 aromatic heterocycles. The number of nitrogens with zero attached hydrogens (tertiary/aromatic N) is 1. The maximum atomic E-state index is 5.82. The van der Waals surface area contributed by atoms with Crippen molar-refractivity contribution >= 4 is 0 Å². The minimum atomic E-state index is 0.511. The first-order chi connectivity index (χ1) is 8.74. The predicted molar refractivity (Wildman–Crippen MR) is 75.9 cm³/mol. The van der Waals surface area contributed by atoms with E-state index in [9.17, 15) is 0 Å². The van der Waals surface area contributed by atoms with Crippen LogP contribution in [0.5, 0.6) is 0 Å². The van der Waals surface area contributed by atoms with Crippen LogP contribution < -0.4 is 5.32 Å². The molecule has 18 heavy (non-hydrogen) atoms. The molecule has 0 spiro atoms. The van der Waals surface area contributed by atoms with Crippen LogP contribution in [0.15, 0.2) is 0 Å². The van der Waals surface area contributed by atoms with E-state index in [1.54, 1.807) is 0 Å². The van der Waals surface area contributed by atoms with E-state index < -0.39 is 0 Å². The zero-order valence-electron chi connectivity index (χ0n) is 12.3. The second kappa shape index (κ2) is 6.88. The first-order valence-electron chi connectivity index (χ1n) is 7.83. The molecule has 0 amide bonds. The van der Waals surface area contributed by atoms with Crippen LogP contribution in [0.1, 0.15) is 46.5 Å². The van der Waals surface area contributed by atoms with Gasteiger partial charge in [-0.25, -0.2) is 0 Å². The van der Waals surface area contributed by atoms with Crippen molar-refractivity contribution in [2.75, 3.05) is 26.2 Å². The van der Waals surface area contributed by atoms with Gasteiger partial charge in [0, 0.05) is 38.3 Å². The Bertz CT molecular complexity index is 247. The van der Waals surface area contributed by atoms with Crippen molar-refractivity contribution in [1.82, 2.24) is 10.2 Å². The highest BCUT2D eigenvalue weighted by atomic mass is 16.5. The van der Waals surface area contributed by atoms with Gasteiger partial charge in [0.15, 0.2) is 0 Å². The molecule has 4 atom stereocenters. The summed E-state index contributed by atoms with van der Waals surface area (Å²) in [5, 5.41) is 3.68. The number of ether oxygens (including phenoxy) is 1. The van der Waals surface area contributed by atoms with Crippen LogP contribution in [0, 0.1) is 5.92 Å². The first kappa shape index (κ1) is 14.3. The van der Waals surface area contributed by atoms with E-state index in [4.69, 9.17) is 4.74 Å². The number of piperazine rings is 1. The summed E-state index contributed by atoms with van der Waals surface area (Å²) in [4.78, 5) is 2.69. The standard InChI is InChI=1S/C15H30N2O/c1-4-6-14-11-17(12(3)9-16-14)10-13-7-8-18-15(13)5-2/h12-16H,4-11H2,1-3H3. The van der Waals surface area contributed by atoms with E-state index >= 15 is 0 Å². The number of hydrogen-bond acceptors (Lipinski definition) is 3. The van der Waals surface area contributed by atoms with Gasteiger partial charge < -0.3 is 10.1 Å². The average molecular weight is 254 g/mol. The quantitative estimate of drug-likeness (QED) is 0.814. The Morgan fingerprint density at radius 3 is 2.89 bits per heavy atom. The SMILES string of the molecule is CCCC1CN(CC2CCOC2CC)C(C)CN1.